The number of nitrogens with two attached hydrogens (primary N) is 1. The highest BCUT2D eigenvalue weighted by Gasteiger charge is 2.17. The molecule has 0 aliphatic rings. The quantitative estimate of drug-likeness (QED) is 0.789. The van der Waals surface area contributed by atoms with Crippen molar-refractivity contribution in [2.24, 2.45) is 0 Å². The molecular weight excluding hydrogens is 292 g/mol. The number of anilines is 1. The standard InChI is InChI=1S/C16H12N6O/c1-23-11-4-2-10(3-5-11)8-22-9-20-14-12(6-17)13(7-18)15(19)21-16(14)22/h2-5,9H,8H2,1H3,(H2,19,21). The van der Waals surface area contributed by atoms with Crippen molar-refractivity contribution < 1.29 is 4.74 Å². The third-order valence-electron chi connectivity index (χ3n) is 3.51. The van der Waals surface area contributed by atoms with E-state index in [1.54, 1.807) is 18.0 Å². The van der Waals surface area contributed by atoms with Gasteiger partial charge in [-0.2, -0.15) is 10.5 Å². The molecule has 0 saturated carbocycles. The molecule has 0 atom stereocenters. The van der Waals surface area contributed by atoms with Crippen LogP contribution >= 0.6 is 0 Å². The minimum absolute atomic E-state index is 0.0352. The first-order valence-corrected chi connectivity index (χ1v) is 6.75. The van der Waals surface area contributed by atoms with Gasteiger partial charge in [-0.05, 0) is 17.7 Å². The number of aromatic nitrogens is 3. The number of rotatable bonds is 3. The minimum atomic E-state index is 0.0352. The zero-order valence-corrected chi connectivity index (χ0v) is 12.3. The largest absolute Gasteiger partial charge is 0.497 e. The van der Waals surface area contributed by atoms with Gasteiger partial charge in [-0.15, -0.1) is 0 Å². The van der Waals surface area contributed by atoms with Crippen molar-refractivity contribution >= 4 is 17.0 Å². The summed E-state index contributed by atoms with van der Waals surface area (Å²) in [5.41, 5.74) is 7.89. The van der Waals surface area contributed by atoms with Gasteiger partial charge in [-0.25, -0.2) is 9.97 Å². The van der Waals surface area contributed by atoms with E-state index in [9.17, 15) is 5.26 Å². The van der Waals surface area contributed by atoms with Gasteiger partial charge in [0.05, 0.1) is 20.0 Å². The molecule has 23 heavy (non-hydrogen) atoms. The molecule has 0 spiro atoms. The first-order valence-electron chi connectivity index (χ1n) is 6.75. The monoisotopic (exact) mass is 304 g/mol. The summed E-state index contributed by atoms with van der Waals surface area (Å²) >= 11 is 0. The summed E-state index contributed by atoms with van der Waals surface area (Å²) in [5.74, 6) is 0.810. The summed E-state index contributed by atoms with van der Waals surface area (Å²) in [4.78, 5) is 8.44. The molecular formula is C16H12N6O. The lowest BCUT2D eigenvalue weighted by atomic mass is 10.1. The second-order valence-corrected chi connectivity index (χ2v) is 4.86. The van der Waals surface area contributed by atoms with Gasteiger partial charge in [0.15, 0.2) is 5.65 Å². The summed E-state index contributed by atoms with van der Waals surface area (Å²) in [5, 5.41) is 18.4. The Morgan fingerprint density at radius 2 is 1.87 bits per heavy atom. The fourth-order valence-corrected chi connectivity index (χ4v) is 2.35. The number of benzene rings is 1. The first-order chi connectivity index (χ1) is 11.2. The van der Waals surface area contributed by atoms with E-state index in [4.69, 9.17) is 15.7 Å². The van der Waals surface area contributed by atoms with Crippen molar-refractivity contribution in [2.45, 2.75) is 6.54 Å². The molecule has 0 amide bonds. The maximum absolute atomic E-state index is 9.28. The maximum atomic E-state index is 9.28. The van der Waals surface area contributed by atoms with Gasteiger partial charge in [-0.1, -0.05) is 12.1 Å². The third-order valence-corrected chi connectivity index (χ3v) is 3.51. The van der Waals surface area contributed by atoms with E-state index in [1.165, 1.54) is 0 Å². The van der Waals surface area contributed by atoms with E-state index in [1.807, 2.05) is 36.4 Å². The Hall–Kier alpha value is -3.58. The van der Waals surface area contributed by atoms with E-state index in [2.05, 4.69) is 9.97 Å². The lowest BCUT2D eigenvalue weighted by molar-refractivity contribution is 0.414. The average Bonchev–Trinajstić information content (AvgIpc) is 2.96. The van der Waals surface area contributed by atoms with Crippen LogP contribution in [0.15, 0.2) is 30.6 Å². The first kappa shape index (κ1) is 14.4. The molecule has 7 nitrogen and oxygen atoms in total. The molecule has 0 aliphatic carbocycles. The highest BCUT2D eigenvalue weighted by atomic mass is 16.5. The van der Waals surface area contributed by atoms with Crippen molar-refractivity contribution in [3.63, 3.8) is 0 Å². The van der Waals surface area contributed by atoms with Gasteiger partial charge < -0.3 is 15.0 Å². The van der Waals surface area contributed by atoms with Crippen LogP contribution in [0.1, 0.15) is 16.7 Å². The Labute approximate surface area is 132 Å². The number of nitrogens with zero attached hydrogens (tertiary/aromatic N) is 5. The summed E-state index contributed by atoms with van der Waals surface area (Å²) in [6.07, 6.45) is 1.59. The highest BCUT2D eigenvalue weighted by Crippen LogP contribution is 2.23. The van der Waals surface area contributed by atoms with Crippen LogP contribution in [0.5, 0.6) is 5.75 Å². The number of imidazole rings is 1. The van der Waals surface area contributed by atoms with Gasteiger partial charge in [0, 0.05) is 0 Å². The van der Waals surface area contributed by atoms with Gasteiger partial charge in [0.25, 0.3) is 0 Å². The molecule has 0 radical (unpaired) electrons. The molecule has 0 bridgehead atoms. The topological polar surface area (TPSA) is 114 Å². The zero-order chi connectivity index (χ0) is 16.4. The van der Waals surface area contributed by atoms with Gasteiger partial charge in [0.1, 0.15) is 40.3 Å². The van der Waals surface area contributed by atoms with E-state index in [-0.39, 0.29) is 16.9 Å². The summed E-state index contributed by atoms with van der Waals surface area (Å²) in [7, 11) is 1.61. The molecule has 2 aromatic heterocycles. The molecule has 3 aromatic rings. The number of nitrogen functional groups attached to an aromatic ring is 1. The number of hydrogen-bond acceptors (Lipinski definition) is 6. The van der Waals surface area contributed by atoms with Gasteiger partial charge in [-0.3, -0.25) is 0 Å². The fraction of sp³-hybridized carbons (Fsp3) is 0.125. The normalized spacial score (nSPS) is 10.2. The van der Waals surface area contributed by atoms with E-state index < -0.39 is 0 Å². The number of fused-ring (bicyclic) bond motifs is 1. The third kappa shape index (κ3) is 2.41. The van der Waals surface area contributed by atoms with Crippen LogP contribution in [0, 0.1) is 22.7 Å². The van der Waals surface area contributed by atoms with Crippen molar-refractivity contribution in [3.05, 3.63) is 47.3 Å². The summed E-state index contributed by atoms with van der Waals surface area (Å²) in [6, 6.07) is 11.5. The fourth-order valence-electron chi connectivity index (χ4n) is 2.35. The van der Waals surface area contributed by atoms with Crippen LogP contribution in [0.4, 0.5) is 5.82 Å². The molecule has 3 rings (SSSR count). The molecule has 0 unspecified atom stereocenters. The smallest absolute Gasteiger partial charge is 0.163 e. The number of hydrogen-bond donors (Lipinski definition) is 1. The number of pyridine rings is 1. The molecule has 1 aromatic carbocycles. The Morgan fingerprint density at radius 3 is 2.48 bits per heavy atom. The Kier molecular flexibility index (Phi) is 3.54. The zero-order valence-electron chi connectivity index (χ0n) is 12.3. The van der Waals surface area contributed by atoms with Crippen LogP contribution in [-0.2, 0) is 6.54 Å². The van der Waals surface area contributed by atoms with Gasteiger partial charge in [0.2, 0.25) is 0 Å². The lowest BCUT2D eigenvalue weighted by Gasteiger charge is -2.07. The highest BCUT2D eigenvalue weighted by molar-refractivity contribution is 5.84. The molecule has 112 valence electrons. The van der Waals surface area contributed by atoms with Crippen LogP contribution < -0.4 is 10.5 Å². The van der Waals surface area contributed by atoms with Gasteiger partial charge >= 0.3 is 0 Å². The van der Waals surface area contributed by atoms with Crippen molar-refractivity contribution in [2.75, 3.05) is 12.8 Å². The number of methoxy groups -OCH3 is 1. The Bertz CT molecular complexity index is 959. The molecule has 0 fully saturated rings. The maximum Gasteiger partial charge on any atom is 0.163 e. The SMILES string of the molecule is COc1ccc(Cn2cnc3c(C#N)c(C#N)c(N)nc32)cc1. The van der Waals surface area contributed by atoms with Crippen molar-refractivity contribution in [3.8, 4) is 17.9 Å². The van der Waals surface area contributed by atoms with Crippen LogP contribution in [0.2, 0.25) is 0 Å². The van der Waals surface area contributed by atoms with E-state index >= 15 is 0 Å². The molecule has 0 saturated heterocycles. The molecule has 0 aliphatic heterocycles. The lowest BCUT2D eigenvalue weighted by Crippen LogP contribution is -2.04. The second kappa shape index (κ2) is 5.66. The predicted molar refractivity (Wildman–Crippen MR) is 83.5 cm³/mol. The van der Waals surface area contributed by atoms with Crippen LogP contribution in [0.25, 0.3) is 11.2 Å². The van der Waals surface area contributed by atoms with Crippen molar-refractivity contribution in [1.29, 1.82) is 10.5 Å². The minimum Gasteiger partial charge on any atom is -0.497 e. The molecule has 7 heteroatoms. The molecule has 2 heterocycles. The van der Waals surface area contributed by atoms with E-state index in [0.717, 1.165) is 11.3 Å². The van der Waals surface area contributed by atoms with Crippen LogP contribution in [0.3, 0.4) is 0 Å². The second-order valence-electron chi connectivity index (χ2n) is 4.86. The molecule has 2 N–H and O–H groups in total. The number of nitriles is 2. The average molecular weight is 304 g/mol. The van der Waals surface area contributed by atoms with E-state index in [0.29, 0.717) is 17.7 Å². The number of ether oxygens (including phenoxy) is 1. The Balaban J connectivity index is 2.07. The van der Waals surface area contributed by atoms with Crippen LogP contribution in [-0.4, -0.2) is 21.6 Å². The van der Waals surface area contributed by atoms with Crippen molar-refractivity contribution in [1.82, 2.24) is 14.5 Å². The Morgan fingerprint density at radius 1 is 1.17 bits per heavy atom. The summed E-state index contributed by atoms with van der Waals surface area (Å²) < 4.78 is 6.92. The summed E-state index contributed by atoms with van der Waals surface area (Å²) in [6.45, 7) is 0.518. The predicted octanol–water partition coefficient (Wildman–Crippen LogP) is 1.81.